The van der Waals surface area contributed by atoms with Gasteiger partial charge in [-0.2, -0.15) is 0 Å². The average Bonchev–Trinajstić information content (AvgIpc) is 2.77. The fourth-order valence-electron chi connectivity index (χ4n) is 2.12. The van der Waals surface area contributed by atoms with Crippen molar-refractivity contribution >= 4 is 17.6 Å². The number of hydrogen-bond acceptors (Lipinski definition) is 4. The standard InChI is InChI=1S/C15H25N3O3/c1-5-7-17-9-12(16)8-13(17)15(20)18(11(3)4)10-14(19)21-6-2/h8-9,11H,5-7,10,16H2,1-4H3. The van der Waals surface area contributed by atoms with E-state index in [4.69, 9.17) is 10.5 Å². The predicted octanol–water partition coefficient (Wildman–Crippen LogP) is 1.89. The molecule has 1 rings (SSSR count). The van der Waals surface area contributed by atoms with Crippen molar-refractivity contribution in [1.29, 1.82) is 0 Å². The zero-order valence-electron chi connectivity index (χ0n) is 13.3. The van der Waals surface area contributed by atoms with E-state index in [9.17, 15) is 9.59 Å². The molecule has 6 nitrogen and oxygen atoms in total. The second-order valence-corrected chi connectivity index (χ2v) is 5.18. The Morgan fingerprint density at radius 3 is 2.57 bits per heavy atom. The molecule has 0 aliphatic heterocycles. The minimum absolute atomic E-state index is 0.0540. The lowest BCUT2D eigenvalue weighted by molar-refractivity contribution is -0.144. The Morgan fingerprint density at radius 2 is 2.05 bits per heavy atom. The number of carbonyl (C=O) groups is 2. The van der Waals surface area contributed by atoms with Gasteiger partial charge >= 0.3 is 5.97 Å². The lowest BCUT2D eigenvalue weighted by atomic mass is 10.2. The molecule has 0 unspecified atom stereocenters. The number of amides is 1. The maximum absolute atomic E-state index is 12.7. The smallest absolute Gasteiger partial charge is 0.325 e. The van der Waals surface area contributed by atoms with E-state index in [0.717, 1.165) is 6.42 Å². The molecule has 1 aromatic rings. The summed E-state index contributed by atoms with van der Waals surface area (Å²) in [6.07, 6.45) is 2.65. The van der Waals surface area contributed by atoms with E-state index in [1.165, 1.54) is 4.90 Å². The quantitative estimate of drug-likeness (QED) is 0.779. The number of nitrogens with two attached hydrogens (primary N) is 1. The summed E-state index contributed by atoms with van der Waals surface area (Å²) in [5, 5.41) is 0. The molecule has 1 amide bonds. The topological polar surface area (TPSA) is 77.6 Å². The monoisotopic (exact) mass is 295 g/mol. The molecule has 0 aromatic carbocycles. The number of aromatic nitrogens is 1. The first-order chi connectivity index (χ1) is 9.90. The number of nitrogens with zero attached hydrogens (tertiary/aromatic N) is 2. The van der Waals surface area contributed by atoms with Crippen LogP contribution in [0.1, 0.15) is 44.6 Å². The number of nitrogen functional groups attached to an aromatic ring is 1. The first kappa shape index (κ1) is 17.1. The second kappa shape index (κ2) is 7.71. The molecule has 0 saturated carbocycles. The van der Waals surface area contributed by atoms with Crippen LogP contribution in [0.4, 0.5) is 5.69 Å². The van der Waals surface area contributed by atoms with Crippen LogP contribution in [0.2, 0.25) is 0 Å². The molecule has 1 heterocycles. The molecule has 6 heteroatoms. The Bertz CT molecular complexity index is 494. The van der Waals surface area contributed by atoms with Gasteiger partial charge in [-0.3, -0.25) is 9.59 Å². The van der Waals surface area contributed by atoms with E-state index in [1.807, 2.05) is 25.3 Å². The van der Waals surface area contributed by atoms with Crippen LogP contribution in [-0.2, 0) is 16.1 Å². The molecule has 21 heavy (non-hydrogen) atoms. The van der Waals surface area contributed by atoms with Crippen molar-refractivity contribution in [3.8, 4) is 0 Å². The van der Waals surface area contributed by atoms with Crippen molar-refractivity contribution in [3.63, 3.8) is 0 Å². The third kappa shape index (κ3) is 4.51. The summed E-state index contributed by atoms with van der Waals surface area (Å²) in [6.45, 7) is 8.47. The number of aryl methyl sites for hydroxylation is 1. The third-order valence-electron chi connectivity index (χ3n) is 3.09. The van der Waals surface area contributed by atoms with Crippen LogP contribution in [0.15, 0.2) is 12.3 Å². The summed E-state index contributed by atoms with van der Waals surface area (Å²) in [6, 6.07) is 1.55. The Labute approximate surface area is 125 Å². The largest absolute Gasteiger partial charge is 0.465 e. The van der Waals surface area contributed by atoms with Crippen LogP contribution >= 0.6 is 0 Å². The van der Waals surface area contributed by atoms with E-state index in [0.29, 0.717) is 24.5 Å². The summed E-state index contributed by atoms with van der Waals surface area (Å²) in [5.74, 6) is -0.607. The molecule has 0 radical (unpaired) electrons. The van der Waals surface area contributed by atoms with Gasteiger partial charge in [0.15, 0.2) is 0 Å². The van der Waals surface area contributed by atoms with E-state index in [-0.39, 0.29) is 18.5 Å². The highest BCUT2D eigenvalue weighted by Gasteiger charge is 2.24. The number of carbonyl (C=O) groups excluding carboxylic acids is 2. The zero-order chi connectivity index (χ0) is 16.0. The molecule has 2 N–H and O–H groups in total. The van der Waals surface area contributed by atoms with Gasteiger partial charge in [0.1, 0.15) is 12.2 Å². The molecule has 0 fully saturated rings. The molecular formula is C15H25N3O3. The van der Waals surface area contributed by atoms with Gasteiger partial charge in [-0.15, -0.1) is 0 Å². The van der Waals surface area contributed by atoms with E-state index in [1.54, 1.807) is 19.2 Å². The fourth-order valence-corrected chi connectivity index (χ4v) is 2.12. The van der Waals surface area contributed by atoms with Crippen molar-refractivity contribution in [2.75, 3.05) is 18.9 Å². The van der Waals surface area contributed by atoms with E-state index in [2.05, 4.69) is 0 Å². The van der Waals surface area contributed by atoms with Crippen molar-refractivity contribution in [2.45, 2.75) is 46.7 Å². The predicted molar refractivity (Wildman–Crippen MR) is 81.9 cm³/mol. The van der Waals surface area contributed by atoms with Gasteiger partial charge in [-0.1, -0.05) is 6.92 Å². The van der Waals surface area contributed by atoms with Gasteiger partial charge in [0.05, 0.1) is 12.3 Å². The molecule has 0 bridgehead atoms. The summed E-state index contributed by atoms with van der Waals surface area (Å²) < 4.78 is 6.76. The first-order valence-corrected chi connectivity index (χ1v) is 7.32. The van der Waals surface area contributed by atoms with Gasteiger partial charge in [-0.05, 0) is 33.3 Å². The summed E-state index contributed by atoms with van der Waals surface area (Å²) >= 11 is 0. The molecular weight excluding hydrogens is 270 g/mol. The highest BCUT2D eigenvalue weighted by atomic mass is 16.5. The zero-order valence-corrected chi connectivity index (χ0v) is 13.3. The normalized spacial score (nSPS) is 10.7. The second-order valence-electron chi connectivity index (χ2n) is 5.18. The summed E-state index contributed by atoms with van der Waals surface area (Å²) in [4.78, 5) is 25.8. The first-order valence-electron chi connectivity index (χ1n) is 7.32. The van der Waals surface area contributed by atoms with Crippen LogP contribution in [0.5, 0.6) is 0 Å². The lowest BCUT2D eigenvalue weighted by Crippen LogP contribution is -2.42. The lowest BCUT2D eigenvalue weighted by Gasteiger charge is -2.26. The molecule has 0 saturated heterocycles. The van der Waals surface area contributed by atoms with Gasteiger partial charge in [0.2, 0.25) is 0 Å². The van der Waals surface area contributed by atoms with Crippen molar-refractivity contribution in [2.24, 2.45) is 0 Å². The maximum atomic E-state index is 12.7. The molecule has 0 spiro atoms. The highest BCUT2D eigenvalue weighted by Crippen LogP contribution is 2.15. The van der Waals surface area contributed by atoms with Crippen LogP contribution < -0.4 is 5.73 Å². The molecule has 1 aromatic heterocycles. The minimum Gasteiger partial charge on any atom is -0.465 e. The molecule has 0 atom stereocenters. The van der Waals surface area contributed by atoms with Crippen LogP contribution in [0.25, 0.3) is 0 Å². The summed E-state index contributed by atoms with van der Waals surface area (Å²) in [5.41, 5.74) is 6.84. The van der Waals surface area contributed by atoms with E-state index < -0.39 is 5.97 Å². The van der Waals surface area contributed by atoms with Crippen molar-refractivity contribution in [3.05, 3.63) is 18.0 Å². The number of esters is 1. The Balaban J connectivity index is 2.98. The van der Waals surface area contributed by atoms with Crippen molar-refractivity contribution < 1.29 is 14.3 Å². The van der Waals surface area contributed by atoms with Crippen LogP contribution in [0, 0.1) is 0 Å². The van der Waals surface area contributed by atoms with Gasteiger partial charge < -0.3 is 19.9 Å². The Morgan fingerprint density at radius 1 is 1.38 bits per heavy atom. The van der Waals surface area contributed by atoms with Gasteiger partial charge in [0.25, 0.3) is 5.91 Å². The maximum Gasteiger partial charge on any atom is 0.325 e. The Kier molecular flexibility index (Phi) is 6.27. The number of rotatable bonds is 7. The molecule has 0 aliphatic rings. The Hall–Kier alpha value is -1.98. The van der Waals surface area contributed by atoms with Gasteiger partial charge in [-0.25, -0.2) is 0 Å². The average molecular weight is 295 g/mol. The number of hydrogen-bond donors (Lipinski definition) is 1. The molecule has 118 valence electrons. The minimum atomic E-state index is -0.402. The SMILES string of the molecule is CCCn1cc(N)cc1C(=O)N(CC(=O)OCC)C(C)C. The number of anilines is 1. The van der Waals surface area contributed by atoms with Gasteiger partial charge in [0, 0.05) is 18.8 Å². The fraction of sp³-hybridized carbons (Fsp3) is 0.600. The van der Waals surface area contributed by atoms with Crippen molar-refractivity contribution in [1.82, 2.24) is 9.47 Å². The third-order valence-corrected chi connectivity index (χ3v) is 3.09. The van der Waals surface area contributed by atoms with Crippen LogP contribution in [0.3, 0.4) is 0 Å². The number of ether oxygens (including phenoxy) is 1. The summed E-state index contributed by atoms with van der Waals surface area (Å²) in [7, 11) is 0. The van der Waals surface area contributed by atoms with Crippen LogP contribution in [-0.4, -0.2) is 40.5 Å². The van der Waals surface area contributed by atoms with E-state index >= 15 is 0 Å². The highest BCUT2D eigenvalue weighted by molar-refractivity contribution is 5.95. The molecule has 0 aliphatic carbocycles.